The second kappa shape index (κ2) is 8.50. The molecule has 0 bridgehead atoms. The van der Waals surface area contributed by atoms with Gasteiger partial charge in [0.1, 0.15) is 18.0 Å². The van der Waals surface area contributed by atoms with Crippen molar-refractivity contribution in [2.75, 3.05) is 13.1 Å². The number of hydrogen-bond donors (Lipinski definition) is 1. The molecule has 33 heavy (non-hydrogen) atoms. The van der Waals surface area contributed by atoms with Crippen molar-refractivity contribution in [1.29, 1.82) is 0 Å². The molecule has 0 radical (unpaired) electrons. The van der Waals surface area contributed by atoms with Crippen LogP contribution in [0, 0.1) is 5.82 Å². The van der Waals surface area contributed by atoms with E-state index in [1.54, 1.807) is 24.3 Å². The first kappa shape index (κ1) is 20.9. The molecular formula is C26H21FN2O4. The molecule has 0 aromatic heterocycles. The quantitative estimate of drug-likeness (QED) is 0.627. The Morgan fingerprint density at radius 2 is 1.76 bits per heavy atom. The molecule has 0 spiro atoms. The van der Waals surface area contributed by atoms with Crippen LogP contribution in [0.15, 0.2) is 72.8 Å². The number of nitrogens with zero attached hydrogens (tertiary/aromatic N) is 1. The standard InChI is InChI=1S/C26H21FN2O4/c27-21-9-5-4-8-20(21)23-24(30)28-12-13-29(23)25(31)17-10-11-19-18(14-17)15-22(33-26(19)32)16-6-2-1-3-7-16/h1-11,14,22-23H,12-13,15H2,(H,28,30). The number of esters is 1. The summed E-state index contributed by atoms with van der Waals surface area (Å²) in [4.78, 5) is 40.0. The van der Waals surface area contributed by atoms with Gasteiger partial charge in [-0.15, -0.1) is 0 Å². The number of carbonyl (C=O) groups is 3. The zero-order valence-electron chi connectivity index (χ0n) is 17.7. The molecule has 5 rings (SSSR count). The number of piperazine rings is 1. The average molecular weight is 444 g/mol. The molecule has 2 aliphatic heterocycles. The molecular weight excluding hydrogens is 423 g/mol. The first-order valence-corrected chi connectivity index (χ1v) is 10.7. The maximum Gasteiger partial charge on any atom is 0.339 e. The summed E-state index contributed by atoms with van der Waals surface area (Å²) in [5, 5.41) is 2.71. The molecule has 0 aliphatic carbocycles. The highest BCUT2D eigenvalue weighted by molar-refractivity contribution is 6.00. The summed E-state index contributed by atoms with van der Waals surface area (Å²) in [5.74, 6) is -1.80. The monoisotopic (exact) mass is 444 g/mol. The van der Waals surface area contributed by atoms with Gasteiger partial charge in [0.15, 0.2) is 0 Å². The molecule has 7 heteroatoms. The normalized spacial score (nSPS) is 20.0. The summed E-state index contributed by atoms with van der Waals surface area (Å²) < 4.78 is 20.1. The maximum absolute atomic E-state index is 14.5. The first-order valence-electron chi connectivity index (χ1n) is 10.7. The Balaban J connectivity index is 1.47. The van der Waals surface area contributed by atoms with Crippen molar-refractivity contribution in [3.05, 3.63) is 106 Å². The van der Waals surface area contributed by atoms with Crippen LogP contribution in [-0.2, 0) is 16.0 Å². The number of hydrogen-bond acceptors (Lipinski definition) is 4. The molecule has 1 fully saturated rings. The van der Waals surface area contributed by atoms with Gasteiger partial charge in [-0.05, 0) is 35.4 Å². The lowest BCUT2D eigenvalue weighted by Gasteiger charge is -2.35. The van der Waals surface area contributed by atoms with Gasteiger partial charge in [-0.25, -0.2) is 9.18 Å². The van der Waals surface area contributed by atoms with Crippen LogP contribution in [0.3, 0.4) is 0 Å². The van der Waals surface area contributed by atoms with Gasteiger partial charge in [0, 0.05) is 30.6 Å². The van der Waals surface area contributed by atoms with E-state index in [2.05, 4.69) is 5.32 Å². The maximum atomic E-state index is 14.5. The predicted molar refractivity (Wildman–Crippen MR) is 118 cm³/mol. The number of halogens is 1. The third kappa shape index (κ3) is 3.86. The minimum absolute atomic E-state index is 0.147. The molecule has 1 N–H and O–H groups in total. The van der Waals surface area contributed by atoms with Crippen molar-refractivity contribution < 1.29 is 23.5 Å². The molecule has 2 aliphatic rings. The Kier molecular flexibility index (Phi) is 5.38. The number of nitrogens with one attached hydrogen (secondary N) is 1. The smallest absolute Gasteiger partial charge is 0.339 e. The van der Waals surface area contributed by atoms with Gasteiger partial charge in [0.05, 0.1) is 5.56 Å². The summed E-state index contributed by atoms with van der Waals surface area (Å²) in [6.45, 7) is 0.526. The third-order valence-corrected chi connectivity index (χ3v) is 6.07. The topological polar surface area (TPSA) is 75.7 Å². The fraction of sp³-hybridized carbons (Fsp3) is 0.192. The minimum atomic E-state index is -1.06. The zero-order valence-corrected chi connectivity index (χ0v) is 17.7. The molecule has 1 saturated heterocycles. The van der Waals surface area contributed by atoms with Crippen LogP contribution >= 0.6 is 0 Å². The third-order valence-electron chi connectivity index (χ3n) is 6.07. The van der Waals surface area contributed by atoms with Gasteiger partial charge >= 0.3 is 5.97 Å². The summed E-state index contributed by atoms with van der Waals surface area (Å²) in [6, 6.07) is 19.1. The highest BCUT2D eigenvalue weighted by Gasteiger charge is 2.37. The number of benzene rings is 3. The van der Waals surface area contributed by atoms with Crippen LogP contribution in [0.2, 0.25) is 0 Å². The lowest BCUT2D eigenvalue weighted by atomic mass is 9.92. The number of fused-ring (bicyclic) bond motifs is 1. The van der Waals surface area contributed by atoms with E-state index in [9.17, 15) is 18.8 Å². The SMILES string of the molecule is O=C1OC(c2ccccc2)Cc2cc(C(=O)N3CCNC(=O)C3c3ccccc3F)ccc21. The van der Waals surface area contributed by atoms with Crippen LogP contribution in [0.5, 0.6) is 0 Å². The number of cyclic esters (lactones) is 1. The lowest BCUT2D eigenvalue weighted by Crippen LogP contribution is -2.52. The van der Waals surface area contributed by atoms with Gasteiger partial charge in [0.25, 0.3) is 5.91 Å². The average Bonchev–Trinajstić information content (AvgIpc) is 2.84. The number of rotatable bonds is 3. The number of amides is 2. The van der Waals surface area contributed by atoms with E-state index in [1.807, 2.05) is 30.3 Å². The highest BCUT2D eigenvalue weighted by atomic mass is 19.1. The van der Waals surface area contributed by atoms with Gasteiger partial charge in [-0.1, -0.05) is 48.5 Å². The van der Waals surface area contributed by atoms with E-state index >= 15 is 0 Å². The molecule has 2 atom stereocenters. The fourth-order valence-corrected chi connectivity index (χ4v) is 4.44. The minimum Gasteiger partial charge on any atom is -0.454 e. The van der Waals surface area contributed by atoms with Crippen molar-refractivity contribution in [3.63, 3.8) is 0 Å². The Hall–Kier alpha value is -4.00. The Morgan fingerprint density at radius 3 is 2.55 bits per heavy atom. The largest absolute Gasteiger partial charge is 0.454 e. The van der Waals surface area contributed by atoms with Gasteiger partial charge in [-0.3, -0.25) is 9.59 Å². The van der Waals surface area contributed by atoms with Crippen molar-refractivity contribution >= 4 is 17.8 Å². The highest BCUT2D eigenvalue weighted by Crippen LogP contribution is 2.32. The van der Waals surface area contributed by atoms with E-state index in [0.717, 1.165) is 5.56 Å². The van der Waals surface area contributed by atoms with Crippen LogP contribution in [0.4, 0.5) is 4.39 Å². The molecule has 2 unspecified atom stereocenters. The number of carbonyl (C=O) groups excluding carboxylic acids is 3. The lowest BCUT2D eigenvalue weighted by molar-refractivity contribution is -0.128. The van der Waals surface area contributed by atoms with Crippen LogP contribution in [-0.4, -0.2) is 35.8 Å². The molecule has 166 valence electrons. The predicted octanol–water partition coefficient (Wildman–Crippen LogP) is 3.59. The fourth-order valence-electron chi connectivity index (χ4n) is 4.44. The van der Waals surface area contributed by atoms with Gasteiger partial charge < -0.3 is 15.0 Å². The molecule has 3 aromatic carbocycles. The summed E-state index contributed by atoms with van der Waals surface area (Å²) in [7, 11) is 0. The molecule has 3 aromatic rings. The van der Waals surface area contributed by atoms with E-state index in [4.69, 9.17) is 4.74 Å². The zero-order chi connectivity index (χ0) is 22.9. The Bertz CT molecular complexity index is 1240. The summed E-state index contributed by atoms with van der Waals surface area (Å²) in [6.07, 6.45) is -0.00726. The van der Waals surface area contributed by atoms with E-state index in [-0.39, 0.29) is 18.7 Å². The first-order chi connectivity index (χ1) is 16.0. The van der Waals surface area contributed by atoms with Crippen molar-refractivity contribution in [2.45, 2.75) is 18.6 Å². The Labute approximate surface area is 190 Å². The van der Waals surface area contributed by atoms with Crippen molar-refractivity contribution in [3.8, 4) is 0 Å². The molecule has 2 heterocycles. The van der Waals surface area contributed by atoms with Crippen LogP contribution < -0.4 is 5.32 Å². The van der Waals surface area contributed by atoms with Crippen LogP contribution in [0.1, 0.15) is 49.6 Å². The summed E-state index contributed by atoms with van der Waals surface area (Å²) in [5.41, 5.74) is 2.48. The van der Waals surface area contributed by atoms with E-state index in [1.165, 1.54) is 23.1 Å². The van der Waals surface area contributed by atoms with Gasteiger partial charge in [-0.2, -0.15) is 0 Å². The molecule has 6 nitrogen and oxygen atoms in total. The molecule has 2 amide bonds. The van der Waals surface area contributed by atoms with Crippen molar-refractivity contribution in [2.24, 2.45) is 0 Å². The molecule has 0 saturated carbocycles. The van der Waals surface area contributed by atoms with Crippen molar-refractivity contribution in [1.82, 2.24) is 10.2 Å². The summed E-state index contributed by atoms with van der Waals surface area (Å²) >= 11 is 0. The second-order valence-electron chi connectivity index (χ2n) is 8.09. The number of ether oxygens (including phenoxy) is 1. The van der Waals surface area contributed by atoms with E-state index in [0.29, 0.717) is 23.1 Å². The van der Waals surface area contributed by atoms with Gasteiger partial charge in [0.2, 0.25) is 5.91 Å². The van der Waals surface area contributed by atoms with Crippen LogP contribution in [0.25, 0.3) is 0 Å². The second-order valence-corrected chi connectivity index (χ2v) is 8.09. The van der Waals surface area contributed by atoms with E-state index < -0.39 is 35.7 Å². The Morgan fingerprint density at radius 1 is 1.00 bits per heavy atom.